The van der Waals surface area contributed by atoms with E-state index in [4.69, 9.17) is 0 Å². The van der Waals surface area contributed by atoms with Crippen molar-refractivity contribution >= 4 is 23.4 Å². The molecule has 0 spiro atoms. The van der Waals surface area contributed by atoms with E-state index in [1.54, 1.807) is 11.8 Å². The first kappa shape index (κ1) is 15.5. The highest BCUT2D eigenvalue weighted by Gasteiger charge is 2.06. The predicted octanol–water partition coefficient (Wildman–Crippen LogP) is 4.39. The minimum atomic E-state index is -0.971. The molecule has 2 rings (SSSR count). The lowest BCUT2D eigenvalue weighted by molar-refractivity contribution is -0.115. The summed E-state index contributed by atoms with van der Waals surface area (Å²) in [7, 11) is 0. The monoisotopic (exact) mass is 307 g/mol. The van der Waals surface area contributed by atoms with Crippen LogP contribution in [0.1, 0.15) is 12.0 Å². The van der Waals surface area contributed by atoms with Gasteiger partial charge in [-0.2, -0.15) is 0 Å². The molecule has 0 unspecified atom stereocenters. The molecular formula is C16H15F2NOS. The molecule has 0 radical (unpaired) electrons. The SMILES string of the molecule is Cc1ccc(SCCC(=O)Nc2ccc(F)c(F)c2)cc1. The molecule has 1 N–H and O–H groups in total. The van der Waals surface area contributed by atoms with E-state index < -0.39 is 11.6 Å². The van der Waals surface area contributed by atoms with Crippen molar-refractivity contribution in [2.75, 3.05) is 11.1 Å². The zero-order valence-electron chi connectivity index (χ0n) is 11.5. The van der Waals surface area contributed by atoms with Gasteiger partial charge in [-0.15, -0.1) is 11.8 Å². The van der Waals surface area contributed by atoms with Gasteiger partial charge in [-0.3, -0.25) is 4.79 Å². The van der Waals surface area contributed by atoms with Crippen molar-refractivity contribution in [2.24, 2.45) is 0 Å². The second kappa shape index (κ2) is 7.22. The number of hydrogen-bond acceptors (Lipinski definition) is 2. The van der Waals surface area contributed by atoms with Crippen molar-refractivity contribution < 1.29 is 13.6 Å². The molecule has 0 aromatic heterocycles. The van der Waals surface area contributed by atoms with Crippen LogP contribution in [0.4, 0.5) is 14.5 Å². The number of aryl methyl sites for hydroxylation is 1. The molecule has 0 aliphatic heterocycles. The average Bonchev–Trinajstić information content (AvgIpc) is 2.45. The lowest BCUT2D eigenvalue weighted by Crippen LogP contribution is -2.12. The lowest BCUT2D eigenvalue weighted by Gasteiger charge is -2.06. The highest BCUT2D eigenvalue weighted by molar-refractivity contribution is 7.99. The Balaban J connectivity index is 1.79. The lowest BCUT2D eigenvalue weighted by atomic mass is 10.2. The van der Waals surface area contributed by atoms with Crippen molar-refractivity contribution in [3.63, 3.8) is 0 Å². The van der Waals surface area contributed by atoms with Gasteiger partial charge in [-0.1, -0.05) is 17.7 Å². The Morgan fingerprint density at radius 1 is 1.10 bits per heavy atom. The van der Waals surface area contributed by atoms with Crippen LogP contribution in [0.5, 0.6) is 0 Å². The summed E-state index contributed by atoms with van der Waals surface area (Å²) in [6.45, 7) is 2.02. The van der Waals surface area contributed by atoms with Crippen LogP contribution in [-0.2, 0) is 4.79 Å². The highest BCUT2D eigenvalue weighted by atomic mass is 32.2. The number of carbonyl (C=O) groups is 1. The largest absolute Gasteiger partial charge is 0.326 e. The van der Waals surface area contributed by atoms with Gasteiger partial charge in [-0.05, 0) is 31.2 Å². The third kappa shape index (κ3) is 4.86. The molecule has 0 heterocycles. The molecule has 5 heteroatoms. The van der Waals surface area contributed by atoms with Gasteiger partial charge in [0.15, 0.2) is 11.6 Å². The predicted molar refractivity (Wildman–Crippen MR) is 81.5 cm³/mol. The van der Waals surface area contributed by atoms with Gasteiger partial charge in [0.05, 0.1) is 0 Å². The van der Waals surface area contributed by atoms with Crippen LogP contribution in [0.15, 0.2) is 47.4 Å². The molecule has 0 atom stereocenters. The smallest absolute Gasteiger partial charge is 0.225 e. The van der Waals surface area contributed by atoms with Gasteiger partial charge in [0.1, 0.15) is 0 Å². The van der Waals surface area contributed by atoms with Crippen molar-refractivity contribution in [3.8, 4) is 0 Å². The van der Waals surface area contributed by atoms with Crippen molar-refractivity contribution in [2.45, 2.75) is 18.2 Å². The van der Waals surface area contributed by atoms with Gasteiger partial charge in [-0.25, -0.2) is 8.78 Å². The molecule has 2 aromatic carbocycles. The second-order valence-corrected chi connectivity index (χ2v) is 5.76. The molecule has 0 aliphatic carbocycles. The maximum absolute atomic E-state index is 13.0. The number of carbonyl (C=O) groups excluding carboxylic acids is 1. The molecule has 0 saturated carbocycles. The average molecular weight is 307 g/mol. The number of thioether (sulfide) groups is 1. The fourth-order valence-electron chi connectivity index (χ4n) is 1.69. The quantitative estimate of drug-likeness (QED) is 0.830. The third-order valence-electron chi connectivity index (χ3n) is 2.82. The van der Waals surface area contributed by atoms with E-state index in [2.05, 4.69) is 5.32 Å². The fraction of sp³-hybridized carbons (Fsp3) is 0.188. The number of halogens is 2. The molecule has 2 nitrogen and oxygen atoms in total. The van der Waals surface area contributed by atoms with Crippen molar-refractivity contribution in [1.29, 1.82) is 0 Å². The van der Waals surface area contributed by atoms with Gasteiger partial charge in [0, 0.05) is 28.8 Å². The first-order valence-electron chi connectivity index (χ1n) is 6.49. The van der Waals surface area contributed by atoms with E-state index >= 15 is 0 Å². The van der Waals surface area contributed by atoms with Crippen LogP contribution >= 0.6 is 11.8 Å². The molecule has 0 bridgehead atoms. The first-order valence-corrected chi connectivity index (χ1v) is 7.47. The van der Waals surface area contributed by atoms with E-state index in [0.717, 1.165) is 17.0 Å². The van der Waals surface area contributed by atoms with Crippen LogP contribution in [-0.4, -0.2) is 11.7 Å². The molecular weight excluding hydrogens is 292 g/mol. The summed E-state index contributed by atoms with van der Waals surface area (Å²) in [5, 5.41) is 2.55. The molecule has 21 heavy (non-hydrogen) atoms. The van der Waals surface area contributed by atoms with Crippen LogP contribution in [0.25, 0.3) is 0 Å². The van der Waals surface area contributed by atoms with Gasteiger partial charge in [0.25, 0.3) is 0 Å². The Labute approximate surface area is 126 Å². The first-order chi connectivity index (χ1) is 10.0. The third-order valence-corrected chi connectivity index (χ3v) is 3.84. The highest BCUT2D eigenvalue weighted by Crippen LogP contribution is 2.19. The molecule has 0 saturated heterocycles. The Hall–Kier alpha value is -1.88. The van der Waals surface area contributed by atoms with E-state index in [1.807, 2.05) is 31.2 Å². The van der Waals surface area contributed by atoms with Crippen molar-refractivity contribution in [3.05, 3.63) is 59.7 Å². The Bertz CT molecular complexity index is 629. The maximum atomic E-state index is 13.0. The number of nitrogens with one attached hydrogen (secondary N) is 1. The van der Waals surface area contributed by atoms with Crippen LogP contribution < -0.4 is 5.32 Å². The number of amides is 1. The summed E-state index contributed by atoms with van der Waals surface area (Å²) in [4.78, 5) is 12.8. The number of benzene rings is 2. The van der Waals surface area contributed by atoms with Gasteiger partial charge in [0.2, 0.25) is 5.91 Å². The minimum absolute atomic E-state index is 0.222. The van der Waals surface area contributed by atoms with Gasteiger partial charge >= 0.3 is 0 Å². The van der Waals surface area contributed by atoms with Gasteiger partial charge < -0.3 is 5.32 Å². The van der Waals surface area contributed by atoms with Crippen LogP contribution in [0, 0.1) is 18.6 Å². The minimum Gasteiger partial charge on any atom is -0.326 e. The number of hydrogen-bond donors (Lipinski definition) is 1. The van der Waals surface area contributed by atoms with Crippen molar-refractivity contribution in [1.82, 2.24) is 0 Å². The second-order valence-electron chi connectivity index (χ2n) is 4.59. The fourth-order valence-corrected chi connectivity index (χ4v) is 2.55. The summed E-state index contributed by atoms with van der Waals surface area (Å²) in [6, 6.07) is 11.4. The summed E-state index contributed by atoms with van der Waals surface area (Å²) >= 11 is 1.58. The summed E-state index contributed by atoms with van der Waals surface area (Å²) < 4.78 is 25.8. The molecule has 0 fully saturated rings. The number of anilines is 1. The normalized spacial score (nSPS) is 10.4. The topological polar surface area (TPSA) is 29.1 Å². The number of rotatable bonds is 5. The Morgan fingerprint density at radius 3 is 2.48 bits per heavy atom. The standard InChI is InChI=1S/C16H15F2NOS/c1-11-2-5-13(6-3-11)21-9-8-16(20)19-12-4-7-14(17)15(18)10-12/h2-7,10H,8-9H2,1H3,(H,19,20). The summed E-state index contributed by atoms with van der Waals surface area (Å²) in [6.07, 6.45) is 0.303. The zero-order valence-corrected chi connectivity index (χ0v) is 12.3. The Morgan fingerprint density at radius 2 is 1.81 bits per heavy atom. The maximum Gasteiger partial charge on any atom is 0.225 e. The summed E-state index contributed by atoms with van der Waals surface area (Å²) in [5.41, 5.74) is 1.45. The molecule has 0 aliphatic rings. The van der Waals surface area contributed by atoms with E-state index in [-0.39, 0.29) is 11.6 Å². The van der Waals surface area contributed by atoms with E-state index in [0.29, 0.717) is 12.2 Å². The molecule has 110 valence electrons. The molecule has 1 amide bonds. The van der Waals surface area contributed by atoms with Crippen LogP contribution in [0.3, 0.4) is 0 Å². The summed E-state index contributed by atoms with van der Waals surface area (Å²) in [5.74, 6) is -1.50. The van der Waals surface area contributed by atoms with E-state index in [9.17, 15) is 13.6 Å². The Kier molecular flexibility index (Phi) is 5.33. The zero-order chi connectivity index (χ0) is 15.2. The van der Waals surface area contributed by atoms with E-state index in [1.165, 1.54) is 11.6 Å². The molecule has 2 aromatic rings. The van der Waals surface area contributed by atoms with Crippen LogP contribution in [0.2, 0.25) is 0 Å².